The molecule has 3 heterocycles. The summed E-state index contributed by atoms with van der Waals surface area (Å²) in [5.41, 5.74) is 3.12. The van der Waals surface area contributed by atoms with Gasteiger partial charge in [-0.3, -0.25) is 19.3 Å². The maximum Gasteiger partial charge on any atom is 0.286 e. The van der Waals surface area contributed by atoms with Crippen molar-refractivity contribution in [3.63, 3.8) is 0 Å². The highest BCUT2D eigenvalue weighted by Crippen LogP contribution is 2.33. The van der Waals surface area contributed by atoms with Crippen LogP contribution in [-0.2, 0) is 20.8 Å². The van der Waals surface area contributed by atoms with Gasteiger partial charge in [0.2, 0.25) is 5.91 Å². The van der Waals surface area contributed by atoms with Gasteiger partial charge in [0.25, 0.3) is 11.8 Å². The first-order valence-corrected chi connectivity index (χ1v) is 15.9. The molecule has 0 aromatic heterocycles. The first kappa shape index (κ1) is 30.1. The number of hydrogen-bond acceptors (Lipinski definition) is 8. The lowest BCUT2D eigenvalue weighted by atomic mass is 10.1. The number of benzene rings is 2. The molecule has 3 aliphatic rings. The second-order valence-corrected chi connectivity index (χ2v) is 12.7. The van der Waals surface area contributed by atoms with Crippen LogP contribution in [0, 0.1) is 0 Å². The standard InChI is InChI=1S/C31H32N4O4S3/c1-3-21-6-8-22(9-7-21)20-26-29(38)35(31(40)42-26)14-4-5-27(36)33-15-17-34(18-16-33)30-32-28(37)25(41-30)19-23-10-12-24(39-2)13-11-23/h6-13,19-20H,3-5,14-18H2,1-2H3. The van der Waals surface area contributed by atoms with E-state index < -0.39 is 0 Å². The molecule has 42 heavy (non-hydrogen) atoms. The summed E-state index contributed by atoms with van der Waals surface area (Å²) in [6.07, 6.45) is 5.57. The number of hydrogen-bond donors (Lipinski definition) is 0. The van der Waals surface area contributed by atoms with Crippen molar-refractivity contribution in [2.75, 3.05) is 39.8 Å². The molecule has 5 rings (SSSR count). The zero-order valence-corrected chi connectivity index (χ0v) is 26.0. The molecule has 0 spiro atoms. The Morgan fingerprint density at radius 2 is 1.60 bits per heavy atom. The summed E-state index contributed by atoms with van der Waals surface area (Å²) in [5, 5.41) is 0.676. The normalized spacial score (nSPS) is 19.3. The number of amidine groups is 1. The minimum atomic E-state index is -0.246. The Kier molecular flexibility index (Phi) is 9.81. The average molecular weight is 621 g/mol. The predicted molar refractivity (Wildman–Crippen MR) is 174 cm³/mol. The van der Waals surface area contributed by atoms with Gasteiger partial charge in [-0.1, -0.05) is 67.3 Å². The van der Waals surface area contributed by atoms with Gasteiger partial charge in [0, 0.05) is 39.1 Å². The molecule has 0 atom stereocenters. The van der Waals surface area contributed by atoms with Gasteiger partial charge in [0.15, 0.2) is 5.17 Å². The Bertz CT molecular complexity index is 1460. The van der Waals surface area contributed by atoms with Crippen LogP contribution in [0.2, 0.25) is 0 Å². The number of carbonyl (C=O) groups excluding carboxylic acids is 3. The van der Waals surface area contributed by atoms with E-state index in [4.69, 9.17) is 17.0 Å². The minimum absolute atomic E-state index is 0.0591. The Balaban J connectivity index is 1.07. The Labute approximate surface area is 259 Å². The number of methoxy groups -OCH3 is 1. The number of thioether (sulfide) groups is 2. The molecule has 0 aliphatic carbocycles. The molecule has 2 saturated heterocycles. The largest absolute Gasteiger partial charge is 0.497 e. The molecule has 0 saturated carbocycles. The summed E-state index contributed by atoms with van der Waals surface area (Å²) in [6.45, 7) is 4.87. The molecule has 0 radical (unpaired) electrons. The van der Waals surface area contributed by atoms with E-state index in [1.807, 2.05) is 53.5 Å². The highest BCUT2D eigenvalue weighted by atomic mass is 32.2. The highest BCUT2D eigenvalue weighted by Gasteiger charge is 2.32. The van der Waals surface area contributed by atoms with Crippen LogP contribution in [0.3, 0.4) is 0 Å². The fourth-order valence-electron chi connectivity index (χ4n) is 4.77. The smallest absolute Gasteiger partial charge is 0.286 e. The highest BCUT2D eigenvalue weighted by molar-refractivity contribution is 8.26. The number of aryl methyl sites for hydroxylation is 1. The monoisotopic (exact) mass is 620 g/mol. The lowest BCUT2D eigenvalue weighted by molar-refractivity contribution is -0.133. The lowest BCUT2D eigenvalue weighted by Crippen LogP contribution is -2.49. The Morgan fingerprint density at radius 1 is 0.952 bits per heavy atom. The summed E-state index contributed by atoms with van der Waals surface area (Å²) in [6, 6.07) is 15.7. The number of nitrogens with zero attached hydrogens (tertiary/aromatic N) is 4. The van der Waals surface area contributed by atoms with Crippen LogP contribution in [0.15, 0.2) is 63.3 Å². The van der Waals surface area contributed by atoms with Crippen molar-refractivity contribution in [3.8, 4) is 5.75 Å². The van der Waals surface area contributed by atoms with Crippen molar-refractivity contribution in [2.45, 2.75) is 26.2 Å². The van der Waals surface area contributed by atoms with Gasteiger partial charge in [0.05, 0.1) is 16.9 Å². The van der Waals surface area contributed by atoms with Gasteiger partial charge in [-0.25, -0.2) is 0 Å². The number of piperazine rings is 1. The molecule has 0 unspecified atom stereocenters. The molecular formula is C31H32N4O4S3. The molecule has 3 aliphatic heterocycles. The van der Waals surface area contributed by atoms with Crippen LogP contribution >= 0.6 is 35.7 Å². The van der Waals surface area contributed by atoms with Crippen molar-refractivity contribution >= 4 is 75.1 Å². The molecule has 2 aromatic carbocycles. The first-order chi connectivity index (χ1) is 20.3. The first-order valence-electron chi connectivity index (χ1n) is 13.9. The van der Waals surface area contributed by atoms with Crippen LogP contribution in [0.1, 0.15) is 36.5 Å². The average Bonchev–Trinajstić information content (AvgIpc) is 3.51. The third kappa shape index (κ3) is 7.14. The van der Waals surface area contributed by atoms with Crippen LogP contribution in [-0.4, -0.2) is 81.7 Å². The van der Waals surface area contributed by atoms with Crippen molar-refractivity contribution < 1.29 is 19.1 Å². The third-order valence-corrected chi connectivity index (χ3v) is 9.68. The fraction of sp³-hybridized carbons (Fsp3) is 0.323. The van der Waals surface area contributed by atoms with Gasteiger partial charge in [-0.15, -0.1) is 0 Å². The van der Waals surface area contributed by atoms with E-state index in [2.05, 4.69) is 28.9 Å². The van der Waals surface area contributed by atoms with E-state index in [0.717, 1.165) is 23.3 Å². The summed E-state index contributed by atoms with van der Waals surface area (Å²) in [5.74, 6) is 0.470. The zero-order valence-electron chi connectivity index (χ0n) is 23.6. The van der Waals surface area contributed by atoms with E-state index in [1.54, 1.807) is 12.0 Å². The quantitative estimate of drug-likeness (QED) is 0.300. The van der Waals surface area contributed by atoms with Gasteiger partial charge in [-0.05, 0) is 65.6 Å². The third-order valence-electron chi connectivity index (χ3n) is 7.26. The molecule has 218 valence electrons. The molecule has 11 heteroatoms. The lowest BCUT2D eigenvalue weighted by Gasteiger charge is -2.35. The second-order valence-electron chi connectivity index (χ2n) is 9.98. The van der Waals surface area contributed by atoms with Gasteiger partial charge in [-0.2, -0.15) is 4.99 Å². The molecule has 8 nitrogen and oxygen atoms in total. The topological polar surface area (TPSA) is 82.5 Å². The summed E-state index contributed by atoms with van der Waals surface area (Å²) in [7, 11) is 1.62. The SMILES string of the molecule is CCc1ccc(C=C2SC(=S)N(CCCC(=O)N3CCN(C4=NC(=O)C(=Cc5ccc(OC)cc5)S4)CC3)C2=O)cc1. The van der Waals surface area contributed by atoms with Gasteiger partial charge >= 0.3 is 0 Å². The van der Waals surface area contributed by atoms with E-state index in [-0.39, 0.29) is 17.7 Å². The van der Waals surface area contributed by atoms with E-state index in [0.29, 0.717) is 64.9 Å². The molecule has 2 fully saturated rings. The van der Waals surface area contributed by atoms with Gasteiger partial charge in [0.1, 0.15) is 10.1 Å². The summed E-state index contributed by atoms with van der Waals surface area (Å²) < 4.78 is 5.72. The maximum atomic E-state index is 13.0. The zero-order chi connectivity index (χ0) is 29.6. The van der Waals surface area contributed by atoms with Crippen molar-refractivity contribution in [2.24, 2.45) is 4.99 Å². The number of thiocarbonyl (C=S) groups is 1. The van der Waals surface area contributed by atoms with Crippen molar-refractivity contribution in [1.82, 2.24) is 14.7 Å². The predicted octanol–water partition coefficient (Wildman–Crippen LogP) is 5.05. The summed E-state index contributed by atoms with van der Waals surface area (Å²) in [4.78, 5) is 49.3. The number of amides is 3. The number of ether oxygens (including phenoxy) is 1. The van der Waals surface area contributed by atoms with E-state index in [9.17, 15) is 14.4 Å². The van der Waals surface area contributed by atoms with Gasteiger partial charge < -0.3 is 14.5 Å². The number of aliphatic imine (C=N–C) groups is 1. The van der Waals surface area contributed by atoms with Crippen molar-refractivity contribution in [3.05, 3.63) is 75.0 Å². The number of rotatable bonds is 8. The number of carbonyl (C=O) groups is 3. The van der Waals surface area contributed by atoms with Crippen LogP contribution in [0.4, 0.5) is 0 Å². The van der Waals surface area contributed by atoms with Crippen LogP contribution < -0.4 is 4.74 Å². The summed E-state index contributed by atoms with van der Waals surface area (Å²) >= 11 is 8.14. The molecule has 0 bridgehead atoms. The minimum Gasteiger partial charge on any atom is -0.497 e. The molecular weight excluding hydrogens is 589 g/mol. The Hall–Kier alpha value is -3.41. The maximum absolute atomic E-state index is 13.0. The Morgan fingerprint density at radius 3 is 2.24 bits per heavy atom. The molecule has 3 amide bonds. The second kappa shape index (κ2) is 13.7. The molecule has 2 aromatic rings. The van der Waals surface area contributed by atoms with E-state index >= 15 is 0 Å². The molecule has 0 N–H and O–H groups in total. The van der Waals surface area contributed by atoms with Crippen LogP contribution in [0.5, 0.6) is 5.75 Å². The van der Waals surface area contributed by atoms with E-state index in [1.165, 1.54) is 29.1 Å². The fourth-order valence-corrected chi connectivity index (χ4v) is 7.05. The van der Waals surface area contributed by atoms with Crippen molar-refractivity contribution in [1.29, 1.82) is 0 Å². The van der Waals surface area contributed by atoms with Crippen LogP contribution in [0.25, 0.3) is 12.2 Å².